The lowest BCUT2D eigenvalue weighted by Crippen LogP contribution is -3.00. The Bertz CT molecular complexity index is 1650. The molecule has 0 bridgehead atoms. The normalized spacial score (nSPS) is 47.6. The van der Waals surface area contributed by atoms with E-state index in [1.807, 2.05) is 0 Å². The van der Waals surface area contributed by atoms with E-state index < -0.39 is 160 Å². The van der Waals surface area contributed by atoms with Crippen LogP contribution in [0.1, 0.15) is 94.9 Å². The molecule has 21 heteroatoms. The van der Waals surface area contributed by atoms with Crippen LogP contribution < -0.4 is 12.4 Å². The van der Waals surface area contributed by atoms with Crippen LogP contribution in [0, 0.1) is 23.7 Å². The molecule has 4 aliphatic rings. The SMILES string of the molecule is CCC1OC(=O)C(C)C(OC2CC(C)(OC)C(O)C(C)O2)C(C)C(OC2OC(C)CC([N+](C)(C)C3OC(C(=O)O)C(O)C(O)C3O)C2O)C(C)(OC)CC(C)C(=O)C(C)C(=O)C1(C)O.[Cl-]. The van der Waals surface area contributed by atoms with Crippen molar-refractivity contribution in [1.82, 2.24) is 0 Å². The topological polar surface area (TPSA) is 284 Å². The van der Waals surface area contributed by atoms with E-state index in [0.29, 0.717) is 0 Å². The van der Waals surface area contributed by atoms with E-state index in [0.717, 1.165) is 0 Å². The van der Waals surface area contributed by atoms with Crippen molar-refractivity contribution >= 4 is 23.5 Å². The number of esters is 1. The summed E-state index contributed by atoms with van der Waals surface area (Å²) in [6, 6.07) is -0.935. The number of likely N-dealkylation sites (N-methyl/N-ethyl adjacent to an activating group) is 1. The lowest BCUT2D eigenvalue weighted by Gasteiger charge is -2.54. The number of aliphatic hydroxyl groups excluding tert-OH is 5. The summed E-state index contributed by atoms with van der Waals surface area (Å²) >= 11 is 0. The molecule has 0 aromatic rings. The van der Waals surface area contributed by atoms with Crippen molar-refractivity contribution < 1.29 is 110 Å². The van der Waals surface area contributed by atoms with E-state index in [1.54, 1.807) is 69.5 Å². The number of methoxy groups -OCH3 is 2. The predicted molar refractivity (Wildman–Crippen MR) is 223 cm³/mol. The van der Waals surface area contributed by atoms with Crippen molar-refractivity contribution in [3.8, 4) is 0 Å². The van der Waals surface area contributed by atoms with Gasteiger partial charge in [-0.05, 0) is 61.3 Å². The first-order chi connectivity index (χ1) is 29.4. The molecule has 22 atom stereocenters. The summed E-state index contributed by atoms with van der Waals surface area (Å²) in [5.74, 6) is -8.16. The van der Waals surface area contributed by atoms with Crippen molar-refractivity contribution in [2.45, 2.75) is 204 Å². The molecule has 0 amide bonds. The maximum atomic E-state index is 14.4. The number of Topliss-reactive ketones (excluding diaryl/α,β-unsaturated/α-hetero) is 2. The van der Waals surface area contributed by atoms with Crippen molar-refractivity contribution in [3.63, 3.8) is 0 Å². The fourth-order valence-electron chi connectivity index (χ4n) is 10.4. The average molecular weight is 959 g/mol. The number of rotatable bonds is 10. The van der Waals surface area contributed by atoms with E-state index >= 15 is 0 Å². The number of hydrogen-bond acceptors (Lipinski definition) is 18. The van der Waals surface area contributed by atoms with Gasteiger partial charge in [0.1, 0.15) is 36.2 Å². The molecule has 0 spiro atoms. The van der Waals surface area contributed by atoms with E-state index in [-0.39, 0.29) is 38.1 Å². The smallest absolute Gasteiger partial charge is 0.335 e. The lowest BCUT2D eigenvalue weighted by atomic mass is 9.74. The fourth-order valence-corrected chi connectivity index (χ4v) is 10.4. The van der Waals surface area contributed by atoms with Crippen molar-refractivity contribution in [2.24, 2.45) is 23.7 Å². The summed E-state index contributed by atoms with van der Waals surface area (Å²) < 4.78 is 49.3. The second kappa shape index (κ2) is 21.8. The molecule has 4 fully saturated rings. The van der Waals surface area contributed by atoms with Gasteiger partial charge in [-0.1, -0.05) is 20.8 Å². The molecule has 22 unspecified atom stereocenters. The van der Waals surface area contributed by atoms with Gasteiger partial charge in [0.25, 0.3) is 0 Å². The molecule has 4 aliphatic heterocycles. The van der Waals surface area contributed by atoms with Crippen LogP contribution in [-0.2, 0) is 57.1 Å². The van der Waals surface area contributed by atoms with Gasteiger partial charge in [0.15, 0.2) is 42.3 Å². The number of hydrogen-bond donors (Lipinski definition) is 7. The Kier molecular flexibility index (Phi) is 19.2. The van der Waals surface area contributed by atoms with E-state index in [2.05, 4.69) is 0 Å². The van der Waals surface area contributed by atoms with Gasteiger partial charge in [-0.15, -0.1) is 0 Å². The van der Waals surface area contributed by atoms with Gasteiger partial charge in [0, 0.05) is 38.9 Å². The van der Waals surface area contributed by atoms with Crippen LogP contribution >= 0.6 is 0 Å². The number of nitrogens with zero attached hydrogens (tertiary/aromatic N) is 1. The highest BCUT2D eigenvalue weighted by Gasteiger charge is 2.59. The van der Waals surface area contributed by atoms with Gasteiger partial charge in [0.05, 0.1) is 61.5 Å². The molecule has 20 nitrogen and oxygen atoms in total. The second-order valence-corrected chi connectivity index (χ2v) is 19.8. The zero-order chi connectivity index (χ0) is 48.8. The van der Waals surface area contributed by atoms with Gasteiger partial charge in [0.2, 0.25) is 6.23 Å². The Morgan fingerprint density at radius 3 is 1.94 bits per heavy atom. The number of aliphatic hydroxyl groups is 6. The summed E-state index contributed by atoms with van der Waals surface area (Å²) in [4.78, 5) is 54.5. The molecule has 4 saturated heterocycles. The Labute approximate surface area is 388 Å². The molecule has 4 rings (SSSR count). The molecular formula is C44H76ClNO19. The minimum absolute atomic E-state index is 0. The number of quaternary nitrogens is 1. The van der Waals surface area contributed by atoms with Gasteiger partial charge >= 0.3 is 11.9 Å². The Hall–Kier alpha value is -1.99. The Balaban J connectivity index is 0.0000112. The molecule has 0 saturated carbocycles. The number of carbonyl (C=O) groups is 4. The average Bonchev–Trinajstić information content (AvgIpc) is 3.23. The van der Waals surface area contributed by atoms with Crippen LogP contribution in [0.5, 0.6) is 0 Å². The van der Waals surface area contributed by atoms with Crippen LogP contribution in [0.3, 0.4) is 0 Å². The molecular weight excluding hydrogens is 882 g/mol. The molecule has 378 valence electrons. The van der Waals surface area contributed by atoms with E-state index in [1.165, 1.54) is 28.1 Å². The number of carboxylic acids is 1. The van der Waals surface area contributed by atoms with Crippen molar-refractivity contribution in [3.05, 3.63) is 0 Å². The van der Waals surface area contributed by atoms with Gasteiger partial charge in [-0.25, -0.2) is 4.79 Å². The van der Waals surface area contributed by atoms with E-state index in [4.69, 9.17) is 37.9 Å². The maximum absolute atomic E-state index is 14.4. The second-order valence-electron chi connectivity index (χ2n) is 19.8. The highest BCUT2D eigenvalue weighted by Crippen LogP contribution is 2.43. The van der Waals surface area contributed by atoms with Gasteiger partial charge in [-0.2, -0.15) is 0 Å². The quantitative estimate of drug-likeness (QED) is 0.0655. The number of ether oxygens (including phenoxy) is 8. The first kappa shape index (κ1) is 57.3. The number of cyclic esters (lactones) is 1. The maximum Gasteiger partial charge on any atom is 0.335 e. The summed E-state index contributed by atoms with van der Waals surface area (Å²) in [5, 5.41) is 77.1. The summed E-state index contributed by atoms with van der Waals surface area (Å²) in [6.45, 7) is 15.8. The highest BCUT2D eigenvalue weighted by molar-refractivity contribution is 6.06. The number of carboxylic acid groups (broad SMARTS) is 1. The Morgan fingerprint density at radius 1 is 0.815 bits per heavy atom. The third-order valence-electron chi connectivity index (χ3n) is 14.7. The summed E-state index contributed by atoms with van der Waals surface area (Å²) in [7, 11) is 5.96. The largest absolute Gasteiger partial charge is 1.00 e. The minimum atomic E-state index is -2.25. The third kappa shape index (κ3) is 11.4. The molecule has 65 heavy (non-hydrogen) atoms. The zero-order valence-corrected chi connectivity index (χ0v) is 40.9. The number of ketones is 2. The standard InChI is InChI=1S/C44H75NO19.ClH/c1-15-26-44(10,56)35(51)21(4)28(46)19(2)17-43(9,58-14)37(22(5)33(23(6)40(55)61-26)62-27-18-42(8,57-13)36(52)24(7)60-27)64-41-29(47)25(16-20(3)59-41)45(11,12)38-32(50)30(48)31(49)34(63-38)39(53)54;/h19-27,29-34,36-38,41,47-50,52,56H,15-18H2,1-14H3;1H. The van der Waals surface area contributed by atoms with Crippen LogP contribution in [0.15, 0.2) is 0 Å². The van der Waals surface area contributed by atoms with E-state index in [9.17, 15) is 54.9 Å². The molecule has 0 aliphatic carbocycles. The molecule has 7 N–H and O–H groups in total. The molecule has 0 aromatic heterocycles. The zero-order valence-electron chi connectivity index (χ0n) is 40.2. The summed E-state index contributed by atoms with van der Waals surface area (Å²) in [6.07, 6.45) is -19.4. The monoisotopic (exact) mass is 957 g/mol. The highest BCUT2D eigenvalue weighted by atomic mass is 35.5. The number of carbonyl (C=O) groups excluding carboxylic acids is 3. The van der Waals surface area contributed by atoms with Crippen LogP contribution in [0.4, 0.5) is 0 Å². The lowest BCUT2D eigenvalue weighted by molar-refractivity contribution is -0.971. The van der Waals surface area contributed by atoms with Crippen LogP contribution in [0.2, 0.25) is 0 Å². The van der Waals surface area contributed by atoms with Gasteiger partial charge < -0.3 is 86.0 Å². The summed E-state index contributed by atoms with van der Waals surface area (Å²) in [5.41, 5.74) is -4.89. The van der Waals surface area contributed by atoms with Crippen LogP contribution in [-0.4, -0.2) is 201 Å². The molecule has 4 heterocycles. The van der Waals surface area contributed by atoms with Gasteiger partial charge in [-0.3, -0.25) is 18.9 Å². The molecule has 0 aromatic carbocycles. The number of halogens is 1. The first-order valence-corrected chi connectivity index (χ1v) is 22.3. The Morgan fingerprint density at radius 2 is 1.40 bits per heavy atom. The minimum Gasteiger partial charge on any atom is -1.00 e. The molecule has 0 radical (unpaired) electrons. The van der Waals surface area contributed by atoms with Crippen molar-refractivity contribution in [1.29, 1.82) is 0 Å². The van der Waals surface area contributed by atoms with Crippen molar-refractivity contribution in [2.75, 3.05) is 28.3 Å². The van der Waals surface area contributed by atoms with Crippen LogP contribution in [0.25, 0.3) is 0 Å². The predicted octanol–water partition coefficient (Wildman–Crippen LogP) is -2.94. The fraction of sp³-hybridized carbons (Fsp3) is 0.909. The third-order valence-corrected chi connectivity index (χ3v) is 14.7. The first-order valence-electron chi connectivity index (χ1n) is 22.3. The number of aliphatic carboxylic acids is 1.